The number of aliphatic hydroxyl groups is 1. The summed E-state index contributed by atoms with van der Waals surface area (Å²) < 4.78 is 13.1. The van der Waals surface area contributed by atoms with Crippen molar-refractivity contribution in [2.45, 2.75) is 56.6 Å². The van der Waals surface area contributed by atoms with E-state index >= 15 is 9.59 Å². The number of benzene rings is 3. The Labute approximate surface area is 309 Å². The summed E-state index contributed by atoms with van der Waals surface area (Å²) in [7, 11) is 0. The molecule has 11 heteroatoms. The van der Waals surface area contributed by atoms with Crippen LogP contribution < -0.4 is 15.1 Å². The molecule has 3 amide bonds. The second kappa shape index (κ2) is 15.4. The molecule has 7 atom stereocenters. The van der Waals surface area contributed by atoms with E-state index in [2.05, 4.69) is 24.1 Å². The van der Waals surface area contributed by atoms with Crippen LogP contribution in [0.4, 0.5) is 11.4 Å². The Morgan fingerprint density at radius 1 is 0.906 bits per heavy atom. The molecule has 4 aliphatic heterocycles. The van der Waals surface area contributed by atoms with E-state index in [-0.39, 0.29) is 31.3 Å². The van der Waals surface area contributed by atoms with E-state index in [0.29, 0.717) is 23.2 Å². The number of carbonyl (C=O) groups is 4. The van der Waals surface area contributed by atoms with Crippen molar-refractivity contribution in [1.29, 1.82) is 0 Å². The number of amides is 3. The molecule has 53 heavy (non-hydrogen) atoms. The summed E-state index contributed by atoms with van der Waals surface area (Å²) in [6.45, 7) is 5.64. The van der Waals surface area contributed by atoms with Gasteiger partial charge in [0.05, 0.1) is 31.2 Å². The number of anilines is 2. The molecule has 0 unspecified atom stereocenters. The Hall–Kier alpha value is -5.26. The largest absolute Gasteiger partial charge is 0.455 e. The van der Waals surface area contributed by atoms with Crippen molar-refractivity contribution in [3.8, 4) is 0 Å². The molecular formula is C42H46N4O7. The number of hydrogen-bond acceptors (Lipinski definition) is 8. The van der Waals surface area contributed by atoms with Crippen molar-refractivity contribution < 1.29 is 33.8 Å². The Balaban J connectivity index is 1.33. The molecule has 0 saturated carbocycles. The molecule has 4 aliphatic rings. The number of fused-ring (bicyclic) bond motifs is 2. The van der Waals surface area contributed by atoms with Gasteiger partial charge in [-0.1, -0.05) is 85.0 Å². The lowest BCUT2D eigenvalue weighted by Gasteiger charge is -2.38. The average Bonchev–Trinajstić information content (AvgIpc) is 3.57. The minimum atomic E-state index is -1.57. The first-order chi connectivity index (χ1) is 25.8. The maximum absolute atomic E-state index is 15.1. The third kappa shape index (κ3) is 6.64. The molecular weight excluding hydrogens is 672 g/mol. The Kier molecular flexibility index (Phi) is 10.5. The molecule has 3 aromatic rings. The van der Waals surface area contributed by atoms with Gasteiger partial charge in [-0.25, -0.2) is 0 Å². The topological polar surface area (TPSA) is 129 Å². The maximum Gasteiger partial charge on any atom is 0.313 e. The number of ether oxygens (including phenoxy) is 2. The van der Waals surface area contributed by atoms with Crippen LogP contribution in [0.5, 0.6) is 0 Å². The molecule has 0 aliphatic carbocycles. The fourth-order valence-electron chi connectivity index (χ4n) is 8.38. The SMILES string of the molecule is CCN(CC)c1ccc(N2CC=C[C@@]34O[C@H]5/C=C\CCC(=O)NC[C@H](c6ccccc6)OC(=O)[C@H]5[C@@H]3C(=O)N([C@H](CO)c3ccccc3)[C@H]4C2=O)cc1. The number of nitrogens with one attached hydrogen (secondary N) is 1. The smallest absolute Gasteiger partial charge is 0.313 e. The zero-order chi connectivity index (χ0) is 37.1. The van der Waals surface area contributed by atoms with Crippen molar-refractivity contribution >= 4 is 35.1 Å². The number of allylic oxidation sites excluding steroid dienone is 1. The lowest BCUT2D eigenvalue weighted by Crippen LogP contribution is -2.56. The van der Waals surface area contributed by atoms with Gasteiger partial charge >= 0.3 is 5.97 Å². The second-order valence-electron chi connectivity index (χ2n) is 13.8. The highest BCUT2D eigenvalue weighted by atomic mass is 16.6. The van der Waals surface area contributed by atoms with E-state index in [1.165, 1.54) is 4.90 Å². The molecule has 0 radical (unpaired) electrons. The van der Waals surface area contributed by atoms with Crippen molar-refractivity contribution in [3.63, 3.8) is 0 Å². The molecule has 276 valence electrons. The minimum Gasteiger partial charge on any atom is -0.455 e. The van der Waals surface area contributed by atoms with Gasteiger partial charge in [0.1, 0.15) is 23.7 Å². The normalized spacial score (nSPS) is 28.4. The quantitative estimate of drug-likeness (QED) is 0.258. The molecule has 2 saturated heterocycles. The Morgan fingerprint density at radius 2 is 1.60 bits per heavy atom. The van der Waals surface area contributed by atoms with Crippen LogP contribution >= 0.6 is 0 Å². The van der Waals surface area contributed by atoms with E-state index in [9.17, 15) is 14.7 Å². The second-order valence-corrected chi connectivity index (χ2v) is 13.8. The molecule has 4 heterocycles. The zero-order valence-corrected chi connectivity index (χ0v) is 30.0. The van der Waals surface area contributed by atoms with Crippen LogP contribution in [0.25, 0.3) is 0 Å². The fourth-order valence-corrected chi connectivity index (χ4v) is 8.38. The number of aliphatic hydroxyl groups excluding tert-OH is 1. The summed E-state index contributed by atoms with van der Waals surface area (Å²) in [4.78, 5) is 62.8. The summed E-state index contributed by atoms with van der Waals surface area (Å²) in [6.07, 6.45) is 5.94. The van der Waals surface area contributed by atoms with E-state index in [1.807, 2.05) is 91.0 Å². The van der Waals surface area contributed by atoms with Crippen molar-refractivity contribution in [2.75, 3.05) is 42.6 Å². The van der Waals surface area contributed by atoms with E-state index in [4.69, 9.17) is 9.47 Å². The molecule has 2 N–H and O–H groups in total. The molecule has 2 fully saturated rings. The number of esters is 1. The number of likely N-dealkylation sites (tertiary alicyclic amines) is 1. The number of carbonyl (C=O) groups excluding carboxylic acids is 4. The van der Waals surface area contributed by atoms with Crippen molar-refractivity contribution in [3.05, 3.63) is 120 Å². The summed E-state index contributed by atoms with van der Waals surface area (Å²) in [5, 5.41) is 13.8. The van der Waals surface area contributed by atoms with Gasteiger partial charge < -0.3 is 34.6 Å². The van der Waals surface area contributed by atoms with Crippen LogP contribution in [0.1, 0.15) is 50.0 Å². The highest BCUT2D eigenvalue weighted by molar-refractivity contribution is 6.05. The Morgan fingerprint density at radius 3 is 2.28 bits per heavy atom. The van der Waals surface area contributed by atoms with Crippen LogP contribution in [0.3, 0.4) is 0 Å². The zero-order valence-electron chi connectivity index (χ0n) is 30.0. The van der Waals surface area contributed by atoms with E-state index in [0.717, 1.165) is 18.8 Å². The van der Waals surface area contributed by atoms with Crippen LogP contribution in [-0.2, 0) is 28.7 Å². The Bertz CT molecular complexity index is 1860. The number of cyclic esters (lactones) is 1. The summed E-state index contributed by atoms with van der Waals surface area (Å²) >= 11 is 0. The summed E-state index contributed by atoms with van der Waals surface area (Å²) in [5.41, 5.74) is 1.44. The fraction of sp³-hybridized carbons (Fsp3) is 0.381. The van der Waals surface area contributed by atoms with Gasteiger partial charge in [-0.15, -0.1) is 0 Å². The van der Waals surface area contributed by atoms with Gasteiger partial charge in [-0.3, -0.25) is 19.2 Å². The van der Waals surface area contributed by atoms with Crippen molar-refractivity contribution in [2.24, 2.45) is 11.8 Å². The first-order valence-electron chi connectivity index (χ1n) is 18.5. The number of nitrogens with zero attached hydrogens (tertiary/aromatic N) is 3. The molecule has 7 rings (SSSR count). The highest BCUT2D eigenvalue weighted by Crippen LogP contribution is 2.55. The predicted octanol–water partition coefficient (Wildman–Crippen LogP) is 4.50. The van der Waals surface area contributed by atoms with Crippen molar-refractivity contribution in [1.82, 2.24) is 10.2 Å². The van der Waals surface area contributed by atoms with Crippen LogP contribution in [0.2, 0.25) is 0 Å². The van der Waals surface area contributed by atoms with Gasteiger partial charge in [-0.2, -0.15) is 0 Å². The first kappa shape index (κ1) is 36.1. The molecule has 3 aromatic carbocycles. The summed E-state index contributed by atoms with van der Waals surface area (Å²) in [5.74, 6) is -4.00. The predicted molar refractivity (Wildman–Crippen MR) is 200 cm³/mol. The third-order valence-electron chi connectivity index (χ3n) is 11.0. The summed E-state index contributed by atoms with van der Waals surface area (Å²) in [6, 6.07) is 23.9. The average molecular weight is 719 g/mol. The van der Waals surface area contributed by atoms with Crippen LogP contribution in [0, 0.1) is 11.8 Å². The van der Waals surface area contributed by atoms with Gasteiger partial charge in [0.2, 0.25) is 11.8 Å². The lowest BCUT2D eigenvalue weighted by atomic mass is 9.77. The highest BCUT2D eigenvalue weighted by Gasteiger charge is 2.72. The maximum atomic E-state index is 15.1. The van der Waals surface area contributed by atoms with Crippen LogP contribution in [-0.4, -0.2) is 84.2 Å². The van der Waals surface area contributed by atoms with Gasteiger partial charge in [0.15, 0.2) is 0 Å². The third-order valence-corrected chi connectivity index (χ3v) is 11.0. The first-order valence-corrected chi connectivity index (χ1v) is 18.5. The van der Waals surface area contributed by atoms with Gasteiger partial charge in [0, 0.05) is 37.4 Å². The molecule has 1 spiro atoms. The molecule has 11 nitrogen and oxygen atoms in total. The van der Waals surface area contributed by atoms with Crippen LogP contribution in [0.15, 0.2) is 109 Å². The lowest BCUT2D eigenvalue weighted by molar-refractivity contribution is -0.160. The van der Waals surface area contributed by atoms with E-state index in [1.54, 1.807) is 23.1 Å². The monoisotopic (exact) mass is 718 g/mol. The van der Waals surface area contributed by atoms with Gasteiger partial charge in [0.25, 0.3) is 5.91 Å². The van der Waals surface area contributed by atoms with Gasteiger partial charge in [-0.05, 0) is 55.7 Å². The minimum absolute atomic E-state index is 0.0516. The standard InChI is InChI=1S/C42H46N4O7/c1-3-44(4-2)30-20-22-31(23-21-30)45-25-13-24-42-37(39(49)46(38(42)40(45)50)32(27-47)28-14-7-5-8-15-28)36-33(53-42)18-11-12-19-35(48)43-26-34(52-41(36)51)29-16-9-6-10-17-29/h5-11,13-18,20-24,32-34,36-38,47H,3-4,12,19,25-27H2,1-2H3,(H,43,48)/b18-11-/t32-,33+,34-,36-,37-,38+,42-/m1/s1. The molecule has 0 bridgehead atoms. The molecule has 0 aromatic heterocycles. The number of rotatable bonds is 8. The number of hydrogen-bond donors (Lipinski definition) is 2. The van der Waals surface area contributed by atoms with E-state index < -0.39 is 60.2 Å².